The summed E-state index contributed by atoms with van der Waals surface area (Å²) in [6.45, 7) is 0.741. The first kappa shape index (κ1) is 15.3. The number of halogens is 3. The van der Waals surface area contributed by atoms with Gasteiger partial charge in [-0.2, -0.15) is 0 Å². The quantitative estimate of drug-likeness (QED) is 0.715. The van der Waals surface area contributed by atoms with Gasteiger partial charge < -0.3 is 5.32 Å². The van der Waals surface area contributed by atoms with Crippen LogP contribution in [-0.4, -0.2) is 17.3 Å². The van der Waals surface area contributed by atoms with Crippen LogP contribution in [0.1, 0.15) is 36.0 Å². The van der Waals surface area contributed by atoms with Crippen LogP contribution in [0.4, 0.5) is 0 Å². The van der Waals surface area contributed by atoms with Crippen LogP contribution >= 0.6 is 43.5 Å². The molecule has 1 aromatic rings. The molecule has 1 aromatic carbocycles. The van der Waals surface area contributed by atoms with E-state index in [-0.39, 0.29) is 5.91 Å². The van der Waals surface area contributed by atoms with Gasteiger partial charge in [-0.1, -0.05) is 43.5 Å². The zero-order chi connectivity index (χ0) is 13.8. The molecule has 1 aliphatic rings. The molecule has 0 spiro atoms. The molecule has 0 aliphatic heterocycles. The minimum absolute atomic E-state index is 0.0848. The van der Waals surface area contributed by atoms with Crippen molar-refractivity contribution in [1.29, 1.82) is 0 Å². The Labute approximate surface area is 135 Å². The molecule has 1 amide bonds. The highest BCUT2D eigenvalue weighted by Crippen LogP contribution is 2.28. The van der Waals surface area contributed by atoms with Gasteiger partial charge in [-0.25, -0.2) is 0 Å². The van der Waals surface area contributed by atoms with E-state index < -0.39 is 0 Å². The predicted molar refractivity (Wildman–Crippen MR) is 86.2 cm³/mol. The normalized spacial score (nSPS) is 23.1. The Morgan fingerprint density at radius 1 is 1.32 bits per heavy atom. The van der Waals surface area contributed by atoms with Crippen LogP contribution in [0.3, 0.4) is 0 Å². The molecule has 0 heterocycles. The van der Waals surface area contributed by atoms with Crippen LogP contribution in [0.15, 0.2) is 22.7 Å². The van der Waals surface area contributed by atoms with Crippen molar-refractivity contribution in [1.82, 2.24) is 5.32 Å². The van der Waals surface area contributed by atoms with Gasteiger partial charge in [0.05, 0.1) is 10.6 Å². The molecule has 2 nitrogen and oxygen atoms in total. The minimum atomic E-state index is -0.0848. The van der Waals surface area contributed by atoms with Crippen molar-refractivity contribution >= 4 is 49.4 Å². The van der Waals surface area contributed by atoms with Crippen molar-refractivity contribution in [3.8, 4) is 0 Å². The molecular weight excluding hydrogens is 393 g/mol. The molecule has 0 aromatic heterocycles. The number of amides is 1. The van der Waals surface area contributed by atoms with Crippen LogP contribution in [0.2, 0.25) is 5.02 Å². The van der Waals surface area contributed by atoms with E-state index in [1.54, 1.807) is 12.1 Å². The molecule has 0 unspecified atom stereocenters. The largest absolute Gasteiger partial charge is 0.352 e. The molecule has 19 heavy (non-hydrogen) atoms. The first-order chi connectivity index (χ1) is 9.06. The van der Waals surface area contributed by atoms with Crippen molar-refractivity contribution < 1.29 is 4.79 Å². The third-order valence-corrected chi connectivity index (χ3v) is 5.22. The summed E-state index contributed by atoms with van der Waals surface area (Å²) in [6, 6.07) is 5.32. The summed E-state index contributed by atoms with van der Waals surface area (Å²) < 4.78 is 0.879. The summed E-state index contributed by atoms with van der Waals surface area (Å²) >= 11 is 13.0. The van der Waals surface area contributed by atoms with Crippen molar-refractivity contribution in [3.05, 3.63) is 33.3 Å². The minimum Gasteiger partial charge on any atom is -0.352 e. The molecule has 1 saturated carbocycles. The van der Waals surface area contributed by atoms with Crippen LogP contribution in [0, 0.1) is 5.92 Å². The molecule has 1 N–H and O–H groups in total. The Hall–Kier alpha value is -0.0600. The fourth-order valence-corrected chi connectivity index (χ4v) is 3.62. The Morgan fingerprint density at radius 2 is 2.00 bits per heavy atom. The van der Waals surface area contributed by atoms with Gasteiger partial charge in [-0.3, -0.25) is 4.79 Å². The maximum Gasteiger partial charge on any atom is 0.252 e. The molecule has 1 aliphatic carbocycles. The molecule has 0 saturated heterocycles. The lowest BCUT2D eigenvalue weighted by Crippen LogP contribution is -2.31. The number of hydrogen-bond donors (Lipinski definition) is 1. The van der Waals surface area contributed by atoms with Crippen LogP contribution in [0.25, 0.3) is 0 Å². The summed E-state index contributed by atoms with van der Waals surface area (Å²) in [5, 5.41) is 3.47. The van der Waals surface area contributed by atoms with Crippen LogP contribution in [0.5, 0.6) is 0 Å². The Balaban J connectivity index is 1.87. The predicted octanol–water partition coefficient (Wildman–Crippen LogP) is 4.79. The van der Waals surface area contributed by atoms with Crippen molar-refractivity contribution in [3.63, 3.8) is 0 Å². The number of benzene rings is 1. The lowest BCUT2D eigenvalue weighted by Gasteiger charge is -2.25. The number of alkyl halides is 1. The molecule has 2 rings (SSSR count). The summed E-state index contributed by atoms with van der Waals surface area (Å²) in [4.78, 5) is 12.7. The number of carbonyl (C=O) groups is 1. The number of nitrogens with one attached hydrogen (secondary N) is 1. The zero-order valence-corrected chi connectivity index (χ0v) is 14.4. The molecular formula is C14H16Br2ClNO. The van der Waals surface area contributed by atoms with E-state index in [1.807, 2.05) is 6.07 Å². The van der Waals surface area contributed by atoms with E-state index in [4.69, 9.17) is 11.6 Å². The molecule has 0 radical (unpaired) electrons. The molecule has 1 fully saturated rings. The topological polar surface area (TPSA) is 29.1 Å². The maximum absolute atomic E-state index is 12.1. The molecule has 0 atom stereocenters. The second-order valence-electron chi connectivity index (χ2n) is 4.95. The fourth-order valence-electron chi connectivity index (χ4n) is 2.33. The Kier molecular flexibility index (Phi) is 5.72. The van der Waals surface area contributed by atoms with Gasteiger partial charge in [0.1, 0.15) is 0 Å². The number of carbonyl (C=O) groups excluding carboxylic acids is 1. The van der Waals surface area contributed by atoms with Crippen molar-refractivity contribution in [2.75, 3.05) is 6.54 Å². The zero-order valence-electron chi connectivity index (χ0n) is 10.5. The van der Waals surface area contributed by atoms with E-state index >= 15 is 0 Å². The summed E-state index contributed by atoms with van der Waals surface area (Å²) in [6.07, 6.45) is 4.73. The van der Waals surface area contributed by atoms with E-state index in [1.165, 1.54) is 25.7 Å². The highest BCUT2D eigenvalue weighted by molar-refractivity contribution is 9.10. The second kappa shape index (κ2) is 7.09. The summed E-state index contributed by atoms with van der Waals surface area (Å²) in [7, 11) is 0. The Bertz CT molecular complexity index is 459. The molecule has 0 bridgehead atoms. The van der Waals surface area contributed by atoms with Gasteiger partial charge >= 0.3 is 0 Å². The standard InChI is InChI=1S/C14H16Br2ClNO/c15-10-3-1-9(2-4-10)8-18-14(19)12-6-5-11(16)7-13(12)17/h5-7,9-10H,1-4,8H2,(H,18,19). The van der Waals surface area contributed by atoms with Gasteiger partial charge in [-0.05, 0) is 49.8 Å². The number of rotatable bonds is 3. The highest BCUT2D eigenvalue weighted by Gasteiger charge is 2.20. The van der Waals surface area contributed by atoms with Gasteiger partial charge in [0.2, 0.25) is 0 Å². The third kappa shape index (κ3) is 4.47. The summed E-state index contributed by atoms with van der Waals surface area (Å²) in [5.41, 5.74) is 0.541. The first-order valence-corrected chi connectivity index (χ1v) is 8.52. The van der Waals surface area contributed by atoms with Crippen LogP contribution < -0.4 is 5.32 Å². The fraction of sp³-hybridized carbons (Fsp3) is 0.500. The average molecular weight is 410 g/mol. The molecule has 104 valence electrons. The van der Waals surface area contributed by atoms with Gasteiger partial charge in [0.15, 0.2) is 0 Å². The molecule has 5 heteroatoms. The van der Waals surface area contributed by atoms with E-state index in [2.05, 4.69) is 37.2 Å². The van der Waals surface area contributed by atoms with Crippen molar-refractivity contribution in [2.24, 2.45) is 5.92 Å². The number of hydrogen-bond acceptors (Lipinski definition) is 1. The van der Waals surface area contributed by atoms with Gasteiger partial charge in [0.25, 0.3) is 5.91 Å². The average Bonchev–Trinajstić information content (AvgIpc) is 2.37. The smallest absolute Gasteiger partial charge is 0.252 e. The highest BCUT2D eigenvalue weighted by atomic mass is 79.9. The van der Waals surface area contributed by atoms with Crippen LogP contribution in [-0.2, 0) is 0 Å². The van der Waals surface area contributed by atoms with E-state index in [9.17, 15) is 4.79 Å². The maximum atomic E-state index is 12.1. The lowest BCUT2D eigenvalue weighted by molar-refractivity contribution is 0.0944. The summed E-state index contributed by atoms with van der Waals surface area (Å²) in [5.74, 6) is 0.505. The van der Waals surface area contributed by atoms with E-state index in [0.29, 0.717) is 21.3 Å². The van der Waals surface area contributed by atoms with E-state index in [0.717, 1.165) is 11.0 Å². The second-order valence-corrected chi connectivity index (χ2v) is 7.57. The van der Waals surface area contributed by atoms with Crippen molar-refractivity contribution in [2.45, 2.75) is 30.5 Å². The third-order valence-electron chi connectivity index (χ3n) is 3.50. The first-order valence-electron chi connectivity index (χ1n) is 6.43. The SMILES string of the molecule is O=C(NCC1CCC(Br)CC1)c1ccc(Br)cc1Cl. The van der Waals surface area contributed by atoms with Gasteiger partial charge in [0, 0.05) is 15.8 Å². The lowest BCUT2D eigenvalue weighted by atomic mass is 9.89. The Morgan fingerprint density at radius 3 is 2.63 bits per heavy atom. The monoisotopic (exact) mass is 407 g/mol. The van der Waals surface area contributed by atoms with Gasteiger partial charge in [-0.15, -0.1) is 0 Å².